The Balaban J connectivity index is 1.38. The first-order valence-corrected chi connectivity index (χ1v) is 10.8. The van der Waals surface area contributed by atoms with E-state index in [4.69, 9.17) is 0 Å². The smallest absolute Gasteiger partial charge is 0.265 e. The summed E-state index contributed by atoms with van der Waals surface area (Å²) in [5.41, 5.74) is 3.04. The summed E-state index contributed by atoms with van der Waals surface area (Å²) in [7, 11) is 0. The summed E-state index contributed by atoms with van der Waals surface area (Å²) in [5, 5.41) is 8.33. The van der Waals surface area contributed by atoms with Crippen molar-refractivity contribution < 1.29 is 14.0 Å². The number of hydrogen-bond donors (Lipinski definition) is 1. The predicted octanol–water partition coefficient (Wildman–Crippen LogP) is 4.91. The summed E-state index contributed by atoms with van der Waals surface area (Å²) in [4.78, 5) is 27.9. The van der Waals surface area contributed by atoms with Gasteiger partial charge in [0, 0.05) is 29.7 Å². The maximum atomic E-state index is 13.3. The molecule has 1 fully saturated rings. The number of nitrogens with zero attached hydrogens (tertiary/aromatic N) is 3. The number of aryl methyl sites for hydroxylation is 1. The van der Waals surface area contributed by atoms with E-state index in [1.807, 2.05) is 25.1 Å². The first kappa shape index (κ1) is 19.4. The van der Waals surface area contributed by atoms with Gasteiger partial charge < -0.3 is 10.2 Å². The van der Waals surface area contributed by atoms with Gasteiger partial charge in [0.25, 0.3) is 5.91 Å². The lowest BCUT2D eigenvalue weighted by Crippen LogP contribution is -2.23. The minimum atomic E-state index is -0.310. The number of carbonyl (C=O) groups excluding carboxylic acids is 2. The third-order valence-electron chi connectivity index (χ3n) is 5.35. The molecule has 0 atom stereocenters. The molecule has 0 bridgehead atoms. The number of anilines is 2. The molecule has 1 aliphatic rings. The number of carbonyl (C=O) groups is 2. The zero-order chi connectivity index (χ0) is 21.5. The van der Waals surface area contributed by atoms with E-state index < -0.39 is 0 Å². The number of aromatic nitrogens is 2. The molecule has 2 amide bonds. The fourth-order valence-corrected chi connectivity index (χ4v) is 4.83. The van der Waals surface area contributed by atoms with Gasteiger partial charge >= 0.3 is 0 Å². The SMILES string of the molecule is Cc1nn(-c2ccc(F)cc2)c2sc(C(=O)Nc3ccc(N4CCCC4=O)cc3)cc12. The standard InChI is InChI=1S/C23H19FN4O2S/c1-14-19-13-20(31-23(19)28(26-14)18-8-4-15(24)5-9-18)22(30)25-16-6-10-17(11-7-16)27-12-2-3-21(27)29/h4-11,13H,2-3,12H2,1H3,(H,25,30). The molecule has 0 saturated carbocycles. The molecule has 2 aromatic heterocycles. The van der Waals surface area contributed by atoms with Gasteiger partial charge in [-0.3, -0.25) is 9.59 Å². The lowest BCUT2D eigenvalue weighted by atomic mass is 10.2. The van der Waals surface area contributed by atoms with Crippen molar-refractivity contribution in [2.45, 2.75) is 19.8 Å². The van der Waals surface area contributed by atoms with Gasteiger partial charge in [0.15, 0.2) is 0 Å². The zero-order valence-corrected chi connectivity index (χ0v) is 17.6. The molecule has 5 rings (SSSR count). The molecule has 4 aromatic rings. The molecule has 8 heteroatoms. The van der Waals surface area contributed by atoms with Crippen molar-refractivity contribution in [2.24, 2.45) is 0 Å². The van der Waals surface area contributed by atoms with Crippen LogP contribution < -0.4 is 10.2 Å². The summed E-state index contributed by atoms with van der Waals surface area (Å²) >= 11 is 1.34. The highest BCUT2D eigenvalue weighted by atomic mass is 32.1. The van der Waals surface area contributed by atoms with E-state index in [2.05, 4.69) is 10.4 Å². The van der Waals surface area contributed by atoms with Crippen LogP contribution in [0.3, 0.4) is 0 Å². The molecule has 0 unspecified atom stereocenters. The van der Waals surface area contributed by atoms with Crippen molar-refractivity contribution in [3.05, 3.63) is 71.0 Å². The molecule has 6 nitrogen and oxygen atoms in total. The monoisotopic (exact) mass is 434 g/mol. The molecule has 0 aliphatic carbocycles. The summed E-state index contributed by atoms with van der Waals surface area (Å²) in [6.45, 7) is 2.62. The van der Waals surface area contributed by atoms with Crippen molar-refractivity contribution >= 4 is 44.7 Å². The van der Waals surface area contributed by atoms with E-state index in [0.717, 1.165) is 40.3 Å². The van der Waals surface area contributed by atoms with Crippen LogP contribution in [0, 0.1) is 12.7 Å². The normalized spacial score (nSPS) is 13.9. The topological polar surface area (TPSA) is 67.2 Å². The molecule has 156 valence electrons. The van der Waals surface area contributed by atoms with E-state index in [-0.39, 0.29) is 17.6 Å². The van der Waals surface area contributed by atoms with Gasteiger partial charge in [-0.25, -0.2) is 9.07 Å². The van der Waals surface area contributed by atoms with Crippen molar-refractivity contribution in [3.63, 3.8) is 0 Å². The molecule has 1 N–H and O–H groups in total. The number of nitrogens with one attached hydrogen (secondary N) is 1. The summed E-state index contributed by atoms with van der Waals surface area (Å²) in [6, 6.07) is 15.2. The Bertz CT molecular complexity index is 1290. The largest absolute Gasteiger partial charge is 0.321 e. The first-order valence-electron chi connectivity index (χ1n) is 9.96. The number of hydrogen-bond acceptors (Lipinski definition) is 4. The molecule has 0 radical (unpaired) electrons. The molecule has 3 heterocycles. The van der Waals surface area contributed by atoms with Crippen molar-refractivity contribution in [3.8, 4) is 5.69 Å². The van der Waals surface area contributed by atoms with E-state index >= 15 is 0 Å². The van der Waals surface area contributed by atoms with Crippen LogP contribution in [0.1, 0.15) is 28.2 Å². The van der Waals surface area contributed by atoms with Gasteiger partial charge in [0.05, 0.1) is 16.3 Å². The Morgan fingerprint density at radius 3 is 2.48 bits per heavy atom. The van der Waals surface area contributed by atoms with Crippen LogP contribution in [0.15, 0.2) is 54.6 Å². The van der Waals surface area contributed by atoms with Gasteiger partial charge in [-0.1, -0.05) is 0 Å². The van der Waals surface area contributed by atoms with E-state index in [0.29, 0.717) is 17.0 Å². The van der Waals surface area contributed by atoms with Crippen LogP contribution in [0.4, 0.5) is 15.8 Å². The number of rotatable bonds is 4. The minimum absolute atomic E-state index is 0.132. The Morgan fingerprint density at radius 1 is 1.10 bits per heavy atom. The van der Waals surface area contributed by atoms with Crippen LogP contribution in [-0.2, 0) is 4.79 Å². The number of amides is 2. The molecule has 0 spiro atoms. The Morgan fingerprint density at radius 2 is 1.81 bits per heavy atom. The molecule has 2 aromatic carbocycles. The maximum absolute atomic E-state index is 13.3. The van der Waals surface area contributed by atoms with Gasteiger partial charge in [0.2, 0.25) is 5.91 Å². The second-order valence-corrected chi connectivity index (χ2v) is 8.48. The highest BCUT2D eigenvalue weighted by Gasteiger charge is 2.22. The second kappa shape index (κ2) is 7.63. The molecule has 31 heavy (non-hydrogen) atoms. The minimum Gasteiger partial charge on any atom is -0.321 e. The third-order valence-corrected chi connectivity index (χ3v) is 6.46. The Labute approximate surface area is 181 Å². The maximum Gasteiger partial charge on any atom is 0.265 e. The van der Waals surface area contributed by atoms with Gasteiger partial charge in [-0.05, 0) is 67.9 Å². The Kier molecular flexibility index (Phi) is 4.78. The third kappa shape index (κ3) is 3.59. The molecular weight excluding hydrogens is 415 g/mol. The second-order valence-electron chi connectivity index (χ2n) is 7.45. The average molecular weight is 434 g/mol. The highest BCUT2D eigenvalue weighted by molar-refractivity contribution is 7.20. The van der Waals surface area contributed by atoms with Gasteiger partial charge in [0.1, 0.15) is 10.6 Å². The number of thiophene rings is 1. The van der Waals surface area contributed by atoms with Crippen molar-refractivity contribution in [2.75, 3.05) is 16.8 Å². The van der Waals surface area contributed by atoms with Crippen molar-refractivity contribution in [1.82, 2.24) is 9.78 Å². The molecule has 1 saturated heterocycles. The molecule has 1 aliphatic heterocycles. The predicted molar refractivity (Wildman–Crippen MR) is 120 cm³/mol. The quantitative estimate of drug-likeness (QED) is 0.496. The number of halogens is 1. The zero-order valence-electron chi connectivity index (χ0n) is 16.8. The van der Waals surface area contributed by atoms with Crippen molar-refractivity contribution in [1.29, 1.82) is 0 Å². The van der Waals surface area contributed by atoms with Gasteiger partial charge in [-0.2, -0.15) is 5.10 Å². The fraction of sp³-hybridized carbons (Fsp3) is 0.174. The molecular formula is C23H19FN4O2S. The van der Waals surface area contributed by atoms with E-state index in [1.165, 1.54) is 23.5 Å². The van der Waals surface area contributed by atoms with Crippen LogP contribution in [0.5, 0.6) is 0 Å². The van der Waals surface area contributed by atoms with Crippen LogP contribution in [0.2, 0.25) is 0 Å². The average Bonchev–Trinajstić information content (AvgIpc) is 3.46. The highest BCUT2D eigenvalue weighted by Crippen LogP contribution is 2.31. The summed E-state index contributed by atoms with van der Waals surface area (Å²) in [6.07, 6.45) is 1.46. The summed E-state index contributed by atoms with van der Waals surface area (Å²) < 4.78 is 15.0. The van der Waals surface area contributed by atoms with E-state index in [1.54, 1.807) is 33.8 Å². The summed E-state index contributed by atoms with van der Waals surface area (Å²) in [5.74, 6) is -0.390. The van der Waals surface area contributed by atoms with Gasteiger partial charge in [-0.15, -0.1) is 11.3 Å². The Hall–Kier alpha value is -3.52. The van der Waals surface area contributed by atoms with Crippen LogP contribution in [-0.4, -0.2) is 28.1 Å². The van der Waals surface area contributed by atoms with Crippen LogP contribution in [0.25, 0.3) is 15.9 Å². The first-order chi connectivity index (χ1) is 15.0. The lowest BCUT2D eigenvalue weighted by molar-refractivity contribution is -0.117. The lowest BCUT2D eigenvalue weighted by Gasteiger charge is -2.16. The number of benzene rings is 2. The van der Waals surface area contributed by atoms with Crippen LogP contribution >= 0.6 is 11.3 Å². The number of fused-ring (bicyclic) bond motifs is 1. The van der Waals surface area contributed by atoms with E-state index in [9.17, 15) is 14.0 Å². The fourth-order valence-electron chi connectivity index (χ4n) is 3.75.